The average molecular weight is 501 g/mol. The summed E-state index contributed by atoms with van der Waals surface area (Å²) in [4.78, 5) is 16.2. The molecule has 1 aliphatic rings. The van der Waals surface area contributed by atoms with Gasteiger partial charge in [-0.25, -0.2) is 15.0 Å². The number of nitrogens with zero attached hydrogens (tertiary/aromatic N) is 4. The van der Waals surface area contributed by atoms with Crippen molar-refractivity contribution in [3.05, 3.63) is 96.4 Å². The molecular formula is C32H28N4O2. The van der Waals surface area contributed by atoms with E-state index >= 15 is 0 Å². The standard InChI is InChI=1S/C32H28N4O2/c1-37-30-20-29-27(19-31(30)38-18-8-13-26-16-15-24-11-5-6-14-28(24)35-26)32(34-22-33-29)36-17-7-12-25(21-36)23-9-3-2-4-10-23/h2-6,9-11,14-16,19-20,22,25H,7,12,17-18,21H2,1H3. The number of hydrogen-bond donors (Lipinski definition) is 0. The Morgan fingerprint density at radius 3 is 2.68 bits per heavy atom. The highest BCUT2D eigenvalue weighted by Crippen LogP contribution is 2.37. The molecule has 3 heterocycles. The van der Waals surface area contributed by atoms with Crippen molar-refractivity contribution >= 4 is 27.6 Å². The largest absolute Gasteiger partial charge is 0.493 e. The van der Waals surface area contributed by atoms with Crippen LogP contribution >= 0.6 is 0 Å². The Hall–Kier alpha value is -4.63. The van der Waals surface area contributed by atoms with Gasteiger partial charge in [-0.3, -0.25) is 0 Å². The number of fused-ring (bicyclic) bond motifs is 2. The number of aromatic nitrogens is 3. The summed E-state index contributed by atoms with van der Waals surface area (Å²) in [7, 11) is 1.63. The summed E-state index contributed by atoms with van der Waals surface area (Å²) in [5.41, 5.74) is 3.84. The van der Waals surface area contributed by atoms with Gasteiger partial charge >= 0.3 is 0 Å². The van der Waals surface area contributed by atoms with Crippen molar-refractivity contribution in [3.8, 4) is 23.3 Å². The summed E-state index contributed by atoms with van der Waals surface area (Å²) in [6, 6.07) is 26.6. The van der Waals surface area contributed by atoms with E-state index in [2.05, 4.69) is 57.0 Å². The molecule has 0 N–H and O–H groups in total. The zero-order valence-electron chi connectivity index (χ0n) is 21.3. The van der Waals surface area contributed by atoms with Gasteiger partial charge in [-0.05, 0) is 42.5 Å². The van der Waals surface area contributed by atoms with E-state index in [-0.39, 0.29) is 6.61 Å². The average Bonchev–Trinajstić information content (AvgIpc) is 2.99. The fourth-order valence-corrected chi connectivity index (χ4v) is 5.12. The number of para-hydroxylation sites is 1. The molecule has 0 amide bonds. The third-order valence-corrected chi connectivity index (χ3v) is 7.01. The third-order valence-electron chi connectivity index (χ3n) is 7.01. The summed E-state index contributed by atoms with van der Waals surface area (Å²) < 4.78 is 11.7. The SMILES string of the molecule is COc1cc2ncnc(N3CCCC(c4ccccc4)C3)c2cc1OCC#Cc1ccc2ccccc2n1. The molecule has 38 heavy (non-hydrogen) atoms. The first kappa shape index (κ1) is 23.7. The number of benzene rings is 3. The number of piperidine rings is 1. The highest BCUT2D eigenvalue weighted by Gasteiger charge is 2.24. The maximum Gasteiger partial charge on any atom is 0.163 e. The van der Waals surface area contributed by atoms with Gasteiger partial charge in [0.2, 0.25) is 0 Å². The first-order valence-corrected chi connectivity index (χ1v) is 12.9. The van der Waals surface area contributed by atoms with Gasteiger partial charge < -0.3 is 14.4 Å². The van der Waals surface area contributed by atoms with E-state index in [1.54, 1.807) is 13.4 Å². The second kappa shape index (κ2) is 10.8. The molecule has 1 aliphatic heterocycles. The number of hydrogen-bond acceptors (Lipinski definition) is 6. The lowest BCUT2D eigenvalue weighted by molar-refractivity contribution is 0.331. The molecule has 1 saturated heterocycles. The summed E-state index contributed by atoms with van der Waals surface area (Å²) in [6.45, 7) is 2.09. The van der Waals surface area contributed by atoms with Crippen LogP contribution in [0.1, 0.15) is 30.0 Å². The van der Waals surface area contributed by atoms with E-state index in [0.717, 1.165) is 47.1 Å². The van der Waals surface area contributed by atoms with Gasteiger partial charge in [0.15, 0.2) is 11.5 Å². The zero-order chi connectivity index (χ0) is 25.7. The van der Waals surface area contributed by atoms with E-state index in [9.17, 15) is 0 Å². The van der Waals surface area contributed by atoms with Crippen LogP contribution in [0, 0.1) is 11.8 Å². The van der Waals surface area contributed by atoms with Crippen molar-refractivity contribution in [2.24, 2.45) is 0 Å². The van der Waals surface area contributed by atoms with Gasteiger partial charge in [-0.2, -0.15) is 0 Å². The Kier molecular flexibility index (Phi) is 6.73. The zero-order valence-corrected chi connectivity index (χ0v) is 21.3. The lowest BCUT2D eigenvalue weighted by Gasteiger charge is -2.34. The minimum atomic E-state index is 0.208. The lowest BCUT2D eigenvalue weighted by atomic mass is 9.90. The minimum Gasteiger partial charge on any atom is -0.493 e. The van der Waals surface area contributed by atoms with Crippen molar-refractivity contribution in [2.75, 3.05) is 31.7 Å². The van der Waals surface area contributed by atoms with Gasteiger partial charge in [-0.15, -0.1) is 0 Å². The van der Waals surface area contributed by atoms with Crippen molar-refractivity contribution < 1.29 is 9.47 Å². The predicted molar refractivity (Wildman–Crippen MR) is 151 cm³/mol. The van der Waals surface area contributed by atoms with E-state index in [1.165, 1.54) is 12.0 Å². The van der Waals surface area contributed by atoms with Crippen molar-refractivity contribution in [2.45, 2.75) is 18.8 Å². The molecule has 3 aromatic carbocycles. The second-order valence-corrected chi connectivity index (χ2v) is 9.39. The Bertz CT molecular complexity index is 1640. The van der Waals surface area contributed by atoms with Gasteiger partial charge in [-0.1, -0.05) is 60.5 Å². The van der Waals surface area contributed by atoms with Crippen LogP contribution in [-0.2, 0) is 0 Å². The van der Waals surface area contributed by atoms with Crippen molar-refractivity contribution in [3.63, 3.8) is 0 Å². The Balaban J connectivity index is 1.24. The van der Waals surface area contributed by atoms with Crippen molar-refractivity contribution in [1.29, 1.82) is 0 Å². The van der Waals surface area contributed by atoms with Gasteiger partial charge in [0.05, 0.1) is 18.1 Å². The summed E-state index contributed by atoms with van der Waals surface area (Å²) in [6.07, 6.45) is 3.92. The van der Waals surface area contributed by atoms with E-state index in [0.29, 0.717) is 23.1 Å². The quantitative estimate of drug-likeness (QED) is 0.276. The molecule has 0 radical (unpaired) electrons. The highest BCUT2D eigenvalue weighted by atomic mass is 16.5. The van der Waals surface area contributed by atoms with Crippen molar-refractivity contribution in [1.82, 2.24) is 15.0 Å². The van der Waals surface area contributed by atoms with Crippen LogP contribution in [0.5, 0.6) is 11.5 Å². The molecule has 188 valence electrons. The number of rotatable bonds is 5. The van der Waals surface area contributed by atoms with E-state index in [4.69, 9.17) is 14.5 Å². The van der Waals surface area contributed by atoms with E-state index < -0.39 is 0 Å². The Labute approximate surface area is 222 Å². The smallest absolute Gasteiger partial charge is 0.163 e. The van der Waals surface area contributed by atoms with Gasteiger partial charge in [0, 0.05) is 35.8 Å². The monoisotopic (exact) mass is 500 g/mol. The third kappa shape index (κ3) is 4.96. The molecule has 6 nitrogen and oxygen atoms in total. The van der Waals surface area contributed by atoms with Crippen LogP contribution in [0.25, 0.3) is 21.8 Å². The summed E-state index contributed by atoms with van der Waals surface area (Å²) in [5, 5.41) is 2.04. The Morgan fingerprint density at radius 1 is 0.921 bits per heavy atom. The first-order valence-electron chi connectivity index (χ1n) is 12.9. The topological polar surface area (TPSA) is 60.4 Å². The fourth-order valence-electron chi connectivity index (χ4n) is 5.12. The number of pyridine rings is 1. The molecule has 0 aliphatic carbocycles. The lowest BCUT2D eigenvalue weighted by Crippen LogP contribution is -2.35. The van der Waals surface area contributed by atoms with Crippen LogP contribution in [0.3, 0.4) is 0 Å². The van der Waals surface area contributed by atoms with E-state index in [1.807, 2.05) is 48.5 Å². The summed E-state index contributed by atoms with van der Waals surface area (Å²) >= 11 is 0. The second-order valence-electron chi connectivity index (χ2n) is 9.39. The number of anilines is 1. The van der Waals surface area contributed by atoms with Crippen LogP contribution in [0.15, 0.2) is 85.2 Å². The van der Waals surface area contributed by atoms with Gasteiger partial charge in [0.1, 0.15) is 24.4 Å². The molecule has 6 rings (SSSR count). The molecule has 2 aromatic heterocycles. The normalized spacial score (nSPS) is 15.2. The molecule has 1 unspecified atom stereocenters. The summed E-state index contributed by atoms with van der Waals surface area (Å²) in [5.74, 6) is 8.83. The molecule has 0 saturated carbocycles. The first-order chi connectivity index (χ1) is 18.8. The predicted octanol–water partition coefficient (Wildman–Crippen LogP) is 6.00. The molecule has 0 bridgehead atoms. The maximum atomic E-state index is 6.08. The number of ether oxygens (including phenoxy) is 2. The molecule has 0 spiro atoms. The molecule has 1 atom stereocenters. The Morgan fingerprint density at radius 2 is 1.79 bits per heavy atom. The van der Waals surface area contributed by atoms with Gasteiger partial charge in [0.25, 0.3) is 0 Å². The molecular weight excluding hydrogens is 472 g/mol. The fraction of sp³-hybridized carbons (Fsp3) is 0.219. The minimum absolute atomic E-state index is 0.208. The molecule has 6 heteroatoms. The van der Waals surface area contributed by atoms with Crippen LogP contribution in [0.2, 0.25) is 0 Å². The molecule has 1 fully saturated rings. The van der Waals surface area contributed by atoms with Crippen LogP contribution < -0.4 is 14.4 Å². The van der Waals surface area contributed by atoms with Crippen LogP contribution in [0.4, 0.5) is 5.82 Å². The maximum absolute atomic E-state index is 6.08. The molecule has 5 aromatic rings. The number of methoxy groups -OCH3 is 1. The highest BCUT2D eigenvalue weighted by molar-refractivity contribution is 5.92. The van der Waals surface area contributed by atoms with Crippen LogP contribution in [-0.4, -0.2) is 41.8 Å².